The van der Waals surface area contributed by atoms with Gasteiger partial charge in [-0.25, -0.2) is 4.98 Å². The Labute approximate surface area is 70.9 Å². The largest absolute Gasteiger partial charge is 0.390 e. The highest BCUT2D eigenvalue weighted by Crippen LogP contribution is 2.15. The molecule has 0 spiro atoms. The van der Waals surface area contributed by atoms with Gasteiger partial charge in [0.05, 0.1) is 10.6 Å². The van der Waals surface area contributed by atoms with Crippen LogP contribution in [0, 0.1) is 6.92 Å². The Balaban J connectivity index is 2.65. The molecule has 0 bridgehead atoms. The summed E-state index contributed by atoms with van der Waals surface area (Å²) >= 11 is 1.61. The summed E-state index contributed by atoms with van der Waals surface area (Å²) in [6, 6.07) is 0. The molecule has 1 rings (SSSR count). The Morgan fingerprint density at radius 2 is 2.27 bits per heavy atom. The lowest BCUT2D eigenvalue weighted by Gasteiger charge is -2.14. The fourth-order valence-electron chi connectivity index (χ4n) is 0.854. The van der Waals surface area contributed by atoms with E-state index in [1.165, 1.54) is 0 Å². The first-order valence-electron chi connectivity index (χ1n) is 3.61. The summed E-state index contributed by atoms with van der Waals surface area (Å²) in [5, 5.41) is 12.5. The van der Waals surface area contributed by atoms with Gasteiger partial charge in [0.25, 0.3) is 0 Å². The number of aryl methyl sites for hydroxylation is 1. The van der Waals surface area contributed by atoms with E-state index >= 15 is 0 Å². The van der Waals surface area contributed by atoms with E-state index in [1.807, 2.05) is 12.3 Å². The molecule has 1 aromatic rings. The maximum absolute atomic E-state index is 9.45. The Hall–Kier alpha value is -0.410. The standard InChI is InChI=1S/C8H13NOS/c1-6-5-11-7(9-6)4-8(2,3)10/h5,10H,4H2,1-3H3. The van der Waals surface area contributed by atoms with Gasteiger partial charge in [0.1, 0.15) is 0 Å². The smallest absolute Gasteiger partial charge is 0.0956 e. The average Bonchev–Trinajstić information content (AvgIpc) is 2.10. The lowest BCUT2D eigenvalue weighted by molar-refractivity contribution is 0.0809. The summed E-state index contributed by atoms with van der Waals surface area (Å²) in [6.45, 7) is 5.55. The van der Waals surface area contributed by atoms with E-state index in [0.29, 0.717) is 6.42 Å². The van der Waals surface area contributed by atoms with Crippen molar-refractivity contribution >= 4 is 11.3 Å². The molecule has 0 radical (unpaired) electrons. The molecule has 0 aromatic carbocycles. The van der Waals surface area contributed by atoms with Crippen molar-refractivity contribution in [2.75, 3.05) is 0 Å². The van der Waals surface area contributed by atoms with Gasteiger partial charge in [-0.15, -0.1) is 11.3 Å². The molecule has 0 unspecified atom stereocenters. The van der Waals surface area contributed by atoms with Gasteiger partial charge in [-0.05, 0) is 20.8 Å². The molecule has 62 valence electrons. The minimum Gasteiger partial charge on any atom is -0.390 e. The van der Waals surface area contributed by atoms with Crippen molar-refractivity contribution in [1.29, 1.82) is 0 Å². The second-order valence-electron chi connectivity index (χ2n) is 3.37. The molecular formula is C8H13NOS. The van der Waals surface area contributed by atoms with Crippen LogP contribution in [-0.2, 0) is 6.42 Å². The summed E-state index contributed by atoms with van der Waals surface area (Å²) in [6.07, 6.45) is 0.644. The summed E-state index contributed by atoms with van der Waals surface area (Å²) in [5.74, 6) is 0. The number of hydrogen-bond acceptors (Lipinski definition) is 3. The highest BCUT2D eigenvalue weighted by Gasteiger charge is 2.15. The molecule has 11 heavy (non-hydrogen) atoms. The van der Waals surface area contributed by atoms with E-state index in [2.05, 4.69) is 4.98 Å². The molecular weight excluding hydrogens is 158 g/mol. The predicted octanol–water partition coefficient (Wildman–Crippen LogP) is 1.76. The van der Waals surface area contributed by atoms with E-state index in [-0.39, 0.29) is 0 Å². The van der Waals surface area contributed by atoms with Crippen LogP contribution in [0.25, 0.3) is 0 Å². The molecule has 0 aliphatic rings. The molecule has 0 aliphatic heterocycles. The van der Waals surface area contributed by atoms with Gasteiger partial charge >= 0.3 is 0 Å². The van der Waals surface area contributed by atoms with Crippen LogP contribution >= 0.6 is 11.3 Å². The number of hydrogen-bond donors (Lipinski definition) is 1. The van der Waals surface area contributed by atoms with Crippen LogP contribution in [0.4, 0.5) is 0 Å². The molecule has 2 nitrogen and oxygen atoms in total. The van der Waals surface area contributed by atoms with Crippen LogP contribution in [0.1, 0.15) is 24.5 Å². The number of rotatable bonds is 2. The van der Waals surface area contributed by atoms with Crippen molar-refractivity contribution in [3.05, 3.63) is 16.1 Å². The lowest BCUT2D eigenvalue weighted by Crippen LogP contribution is -2.21. The lowest BCUT2D eigenvalue weighted by atomic mass is 10.1. The van der Waals surface area contributed by atoms with E-state index < -0.39 is 5.60 Å². The quantitative estimate of drug-likeness (QED) is 0.735. The second kappa shape index (κ2) is 2.91. The van der Waals surface area contributed by atoms with Crippen LogP contribution < -0.4 is 0 Å². The Morgan fingerprint density at radius 3 is 2.64 bits per heavy atom. The maximum atomic E-state index is 9.45. The van der Waals surface area contributed by atoms with Crippen molar-refractivity contribution in [3.63, 3.8) is 0 Å². The van der Waals surface area contributed by atoms with Crippen molar-refractivity contribution in [2.24, 2.45) is 0 Å². The molecule has 1 aromatic heterocycles. The third-order valence-electron chi connectivity index (χ3n) is 1.25. The molecule has 0 amide bonds. The van der Waals surface area contributed by atoms with Crippen molar-refractivity contribution < 1.29 is 5.11 Å². The number of aromatic nitrogens is 1. The minimum absolute atomic E-state index is 0.635. The monoisotopic (exact) mass is 171 g/mol. The topological polar surface area (TPSA) is 33.1 Å². The minimum atomic E-state index is -0.635. The first kappa shape index (κ1) is 8.68. The second-order valence-corrected chi connectivity index (χ2v) is 4.31. The highest BCUT2D eigenvalue weighted by molar-refractivity contribution is 7.09. The molecule has 0 atom stereocenters. The van der Waals surface area contributed by atoms with E-state index in [1.54, 1.807) is 25.2 Å². The molecule has 3 heteroatoms. The van der Waals surface area contributed by atoms with Gasteiger partial charge in [0.2, 0.25) is 0 Å². The van der Waals surface area contributed by atoms with Crippen LogP contribution in [0.2, 0.25) is 0 Å². The molecule has 0 saturated heterocycles. The van der Waals surface area contributed by atoms with Gasteiger partial charge in [0.15, 0.2) is 0 Å². The van der Waals surface area contributed by atoms with E-state index in [0.717, 1.165) is 10.7 Å². The van der Waals surface area contributed by atoms with Gasteiger partial charge in [0, 0.05) is 17.5 Å². The van der Waals surface area contributed by atoms with Gasteiger partial charge in [-0.1, -0.05) is 0 Å². The molecule has 1 N–H and O–H groups in total. The maximum Gasteiger partial charge on any atom is 0.0956 e. The Morgan fingerprint density at radius 1 is 1.64 bits per heavy atom. The van der Waals surface area contributed by atoms with Crippen molar-refractivity contribution in [2.45, 2.75) is 32.8 Å². The third-order valence-corrected chi connectivity index (χ3v) is 2.22. The summed E-state index contributed by atoms with van der Waals surface area (Å²) < 4.78 is 0. The van der Waals surface area contributed by atoms with Crippen LogP contribution in [0.15, 0.2) is 5.38 Å². The van der Waals surface area contributed by atoms with Crippen LogP contribution in [0.3, 0.4) is 0 Å². The first-order chi connectivity index (χ1) is 4.97. The van der Waals surface area contributed by atoms with Gasteiger partial charge in [-0.2, -0.15) is 0 Å². The summed E-state index contributed by atoms with van der Waals surface area (Å²) in [7, 11) is 0. The van der Waals surface area contributed by atoms with E-state index in [9.17, 15) is 5.11 Å². The van der Waals surface area contributed by atoms with Crippen LogP contribution in [-0.4, -0.2) is 15.7 Å². The molecule has 0 fully saturated rings. The van der Waals surface area contributed by atoms with Crippen molar-refractivity contribution in [1.82, 2.24) is 4.98 Å². The SMILES string of the molecule is Cc1csc(CC(C)(C)O)n1. The Kier molecular flexibility index (Phi) is 2.30. The van der Waals surface area contributed by atoms with Gasteiger partial charge < -0.3 is 5.11 Å². The zero-order valence-electron chi connectivity index (χ0n) is 7.09. The Bertz CT molecular complexity index is 236. The fraction of sp³-hybridized carbons (Fsp3) is 0.625. The molecule has 0 aliphatic carbocycles. The molecule has 0 saturated carbocycles. The highest BCUT2D eigenvalue weighted by atomic mass is 32.1. The first-order valence-corrected chi connectivity index (χ1v) is 4.49. The predicted molar refractivity (Wildman–Crippen MR) is 46.9 cm³/mol. The average molecular weight is 171 g/mol. The van der Waals surface area contributed by atoms with Gasteiger partial charge in [-0.3, -0.25) is 0 Å². The number of aliphatic hydroxyl groups is 1. The fourth-order valence-corrected chi connectivity index (χ4v) is 1.85. The van der Waals surface area contributed by atoms with Crippen molar-refractivity contribution in [3.8, 4) is 0 Å². The zero-order valence-corrected chi connectivity index (χ0v) is 7.90. The third kappa shape index (κ3) is 2.99. The summed E-state index contributed by atoms with van der Waals surface area (Å²) in [5.41, 5.74) is 0.402. The summed E-state index contributed by atoms with van der Waals surface area (Å²) in [4.78, 5) is 4.25. The number of nitrogens with zero attached hydrogens (tertiary/aromatic N) is 1. The number of thiazole rings is 1. The van der Waals surface area contributed by atoms with Crippen LogP contribution in [0.5, 0.6) is 0 Å². The van der Waals surface area contributed by atoms with E-state index in [4.69, 9.17) is 0 Å². The zero-order chi connectivity index (χ0) is 8.48. The molecule has 1 heterocycles. The normalized spacial score (nSPS) is 12.0.